The number of anilines is 1. The number of benzene rings is 1. The molecule has 7 heteroatoms. The summed E-state index contributed by atoms with van der Waals surface area (Å²) in [6.07, 6.45) is 0.932. The second-order valence-electron chi connectivity index (χ2n) is 5.99. The van der Waals surface area contributed by atoms with Gasteiger partial charge in [0.15, 0.2) is 0 Å². The highest BCUT2D eigenvalue weighted by Gasteiger charge is 2.14. The molecular formula is C18H22N4O3. The Morgan fingerprint density at radius 1 is 1.20 bits per heavy atom. The van der Waals surface area contributed by atoms with Crippen molar-refractivity contribution in [1.29, 1.82) is 0 Å². The van der Waals surface area contributed by atoms with Crippen molar-refractivity contribution in [3.05, 3.63) is 41.8 Å². The third-order valence-electron chi connectivity index (χ3n) is 3.57. The van der Waals surface area contributed by atoms with Gasteiger partial charge in [0.1, 0.15) is 17.2 Å². The Morgan fingerprint density at radius 3 is 2.80 bits per heavy atom. The minimum Gasteiger partial charge on any atom is -0.493 e. The lowest BCUT2D eigenvalue weighted by atomic mass is 10.1. The number of hydrogen-bond acceptors (Lipinski definition) is 7. The molecular weight excluding hydrogens is 320 g/mol. The molecule has 3 rings (SSSR count). The fourth-order valence-corrected chi connectivity index (χ4v) is 2.23. The normalized spacial score (nSPS) is 11.0. The van der Waals surface area contributed by atoms with Gasteiger partial charge < -0.3 is 19.0 Å². The molecule has 2 heterocycles. The fraction of sp³-hybridized carbons (Fsp3) is 0.389. The quantitative estimate of drug-likeness (QED) is 0.655. The van der Waals surface area contributed by atoms with E-state index < -0.39 is 0 Å². The van der Waals surface area contributed by atoms with E-state index in [0.717, 1.165) is 29.2 Å². The monoisotopic (exact) mass is 342 g/mol. The Morgan fingerprint density at radius 2 is 2.04 bits per heavy atom. The van der Waals surface area contributed by atoms with E-state index in [-0.39, 0.29) is 0 Å². The predicted octanol–water partition coefficient (Wildman–Crippen LogP) is 4.25. The van der Waals surface area contributed by atoms with Crippen LogP contribution in [0.3, 0.4) is 0 Å². The molecule has 1 aromatic carbocycles. The summed E-state index contributed by atoms with van der Waals surface area (Å²) in [5, 5.41) is 15.2. The second kappa shape index (κ2) is 7.83. The van der Waals surface area contributed by atoms with Crippen LogP contribution in [-0.2, 0) is 6.54 Å². The van der Waals surface area contributed by atoms with Gasteiger partial charge in [-0.1, -0.05) is 43.2 Å². The molecule has 0 aliphatic carbocycles. The molecule has 2 aromatic heterocycles. The maximum Gasteiger partial charge on any atom is 0.316 e. The van der Waals surface area contributed by atoms with Crippen molar-refractivity contribution in [2.75, 3.05) is 11.9 Å². The SMILES string of the molecule is CCCOc1ccccc1-c1nnc(NCc2cc(C(C)C)on2)o1. The van der Waals surface area contributed by atoms with Crippen LogP contribution >= 0.6 is 0 Å². The van der Waals surface area contributed by atoms with E-state index in [1.807, 2.05) is 30.3 Å². The topological polar surface area (TPSA) is 86.2 Å². The first-order valence-electron chi connectivity index (χ1n) is 8.42. The summed E-state index contributed by atoms with van der Waals surface area (Å²) < 4.78 is 16.7. The number of para-hydroxylation sites is 1. The van der Waals surface area contributed by atoms with Gasteiger partial charge in [0, 0.05) is 12.0 Å². The zero-order valence-corrected chi connectivity index (χ0v) is 14.7. The fourth-order valence-electron chi connectivity index (χ4n) is 2.23. The van der Waals surface area contributed by atoms with E-state index in [4.69, 9.17) is 13.7 Å². The molecule has 1 N–H and O–H groups in total. The lowest BCUT2D eigenvalue weighted by Gasteiger charge is -2.07. The average molecular weight is 342 g/mol. The zero-order chi connectivity index (χ0) is 17.6. The molecule has 0 unspecified atom stereocenters. The van der Waals surface area contributed by atoms with Crippen molar-refractivity contribution in [2.45, 2.75) is 39.7 Å². The summed E-state index contributed by atoms with van der Waals surface area (Å²) in [6.45, 7) is 7.26. The maximum absolute atomic E-state index is 5.73. The number of hydrogen-bond donors (Lipinski definition) is 1. The van der Waals surface area contributed by atoms with Crippen LogP contribution in [0.1, 0.15) is 44.6 Å². The number of nitrogens with one attached hydrogen (secondary N) is 1. The van der Waals surface area contributed by atoms with Crippen molar-refractivity contribution in [3.8, 4) is 17.2 Å². The summed E-state index contributed by atoms with van der Waals surface area (Å²) in [5.74, 6) is 2.30. The third-order valence-corrected chi connectivity index (χ3v) is 3.57. The highest BCUT2D eigenvalue weighted by Crippen LogP contribution is 2.29. The van der Waals surface area contributed by atoms with E-state index >= 15 is 0 Å². The van der Waals surface area contributed by atoms with Gasteiger partial charge in [-0.25, -0.2) is 0 Å². The van der Waals surface area contributed by atoms with Crippen molar-refractivity contribution >= 4 is 6.01 Å². The third kappa shape index (κ3) is 4.17. The van der Waals surface area contributed by atoms with Gasteiger partial charge >= 0.3 is 6.01 Å². The van der Waals surface area contributed by atoms with Gasteiger partial charge in [-0.3, -0.25) is 0 Å². The molecule has 0 fully saturated rings. The first-order chi connectivity index (χ1) is 12.2. The summed E-state index contributed by atoms with van der Waals surface area (Å²) >= 11 is 0. The van der Waals surface area contributed by atoms with Crippen LogP contribution in [0.25, 0.3) is 11.5 Å². The van der Waals surface area contributed by atoms with E-state index in [9.17, 15) is 0 Å². The molecule has 3 aromatic rings. The Bertz CT molecular complexity index is 810. The summed E-state index contributed by atoms with van der Waals surface area (Å²) in [5.41, 5.74) is 1.56. The van der Waals surface area contributed by atoms with Gasteiger partial charge in [0.2, 0.25) is 0 Å². The van der Waals surface area contributed by atoms with Gasteiger partial charge in [-0.15, -0.1) is 5.10 Å². The molecule has 7 nitrogen and oxygen atoms in total. The second-order valence-corrected chi connectivity index (χ2v) is 5.99. The van der Waals surface area contributed by atoms with Crippen LogP contribution in [-0.4, -0.2) is 22.0 Å². The molecule has 0 radical (unpaired) electrons. The maximum atomic E-state index is 5.73. The molecule has 0 saturated heterocycles. The smallest absolute Gasteiger partial charge is 0.316 e. The lowest BCUT2D eigenvalue weighted by molar-refractivity contribution is 0.318. The Labute approximate surface area is 146 Å². The van der Waals surface area contributed by atoms with Crippen LogP contribution in [0, 0.1) is 0 Å². The Balaban J connectivity index is 1.68. The van der Waals surface area contributed by atoms with Crippen molar-refractivity contribution < 1.29 is 13.7 Å². The van der Waals surface area contributed by atoms with E-state index in [1.54, 1.807) is 0 Å². The number of aromatic nitrogens is 3. The summed E-state index contributed by atoms with van der Waals surface area (Å²) in [4.78, 5) is 0. The molecule has 0 aliphatic heterocycles. The molecule has 0 aliphatic rings. The number of ether oxygens (including phenoxy) is 1. The van der Waals surface area contributed by atoms with Gasteiger partial charge in [0.25, 0.3) is 5.89 Å². The summed E-state index contributed by atoms with van der Waals surface area (Å²) in [6, 6.07) is 9.87. The number of nitrogens with zero attached hydrogens (tertiary/aromatic N) is 3. The van der Waals surface area contributed by atoms with Crippen molar-refractivity contribution in [1.82, 2.24) is 15.4 Å². The lowest BCUT2D eigenvalue weighted by Crippen LogP contribution is -1.99. The van der Waals surface area contributed by atoms with Gasteiger partial charge in [-0.05, 0) is 18.6 Å². The predicted molar refractivity (Wildman–Crippen MR) is 93.4 cm³/mol. The highest BCUT2D eigenvalue weighted by atomic mass is 16.5. The first kappa shape index (κ1) is 17.0. The first-order valence-corrected chi connectivity index (χ1v) is 8.42. The van der Waals surface area contributed by atoms with Gasteiger partial charge in [-0.2, -0.15) is 0 Å². The van der Waals surface area contributed by atoms with E-state index in [2.05, 4.69) is 41.4 Å². The van der Waals surface area contributed by atoms with Gasteiger partial charge in [0.05, 0.1) is 18.7 Å². The largest absolute Gasteiger partial charge is 0.493 e. The van der Waals surface area contributed by atoms with E-state index in [0.29, 0.717) is 31.0 Å². The molecule has 0 spiro atoms. The number of rotatable bonds is 8. The van der Waals surface area contributed by atoms with Crippen LogP contribution < -0.4 is 10.1 Å². The zero-order valence-electron chi connectivity index (χ0n) is 14.7. The molecule has 0 amide bonds. The van der Waals surface area contributed by atoms with E-state index in [1.165, 1.54) is 0 Å². The van der Waals surface area contributed by atoms with Crippen LogP contribution in [0.15, 0.2) is 39.3 Å². The standard InChI is InChI=1S/C18H22N4O3/c1-4-9-23-15-8-6-5-7-14(15)17-20-21-18(24-17)19-11-13-10-16(12(2)3)25-22-13/h5-8,10,12H,4,9,11H2,1-3H3,(H,19,21). The Hall–Kier alpha value is -2.83. The van der Waals surface area contributed by atoms with Crippen LogP contribution in [0.2, 0.25) is 0 Å². The average Bonchev–Trinajstić information content (AvgIpc) is 3.28. The molecule has 0 atom stereocenters. The summed E-state index contributed by atoms with van der Waals surface area (Å²) in [7, 11) is 0. The molecule has 132 valence electrons. The highest BCUT2D eigenvalue weighted by molar-refractivity contribution is 5.62. The Kier molecular flexibility index (Phi) is 5.33. The molecule has 25 heavy (non-hydrogen) atoms. The molecule has 0 bridgehead atoms. The van der Waals surface area contributed by atoms with Crippen molar-refractivity contribution in [3.63, 3.8) is 0 Å². The van der Waals surface area contributed by atoms with Crippen LogP contribution in [0.4, 0.5) is 6.01 Å². The minimum atomic E-state index is 0.302. The minimum absolute atomic E-state index is 0.302. The van der Waals surface area contributed by atoms with Crippen LogP contribution in [0.5, 0.6) is 5.75 Å². The molecule has 0 saturated carbocycles. The van der Waals surface area contributed by atoms with Crippen molar-refractivity contribution in [2.24, 2.45) is 0 Å².